The Morgan fingerprint density at radius 2 is 1.95 bits per heavy atom. The number of rotatable bonds is 5. The van der Waals surface area contributed by atoms with E-state index in [2.05, 4.69) is 4.72 Å². The molecular weight excluding hydrogens is 317 g/mol. The van der Waals surface area contributed by atoms with Gasteiger partial charge >= 0.3 is 0 Å². The molecule has 0 radical (unpaired) electrons. The van der Waals surface area contributed by atoms with Crippen LogP contribution in [0.4, 0.5) is 4.39 Å². The van der Waals surface area contributed by atoms with Crippen molar-refractivity contribution in [3.05, 3.63) is 29.0 Å². The largest absolute Gasteiger partial charge is 0.396 e. The molecule has 0 saturated heterocycles. The van der Waals surface area contributed by atoms with E-state index >= 15 is 0 Å². The minimum Gasteiger partial charge on any atom is -0.396 e. The van der Waals surface area contributed by atoms with Crippen molar-refractivity contribution >= 4 is 21.6 Å². The summed E-state index contributed by atoms with van der Waals surface area (Å²) in [5.41, 5.74) is -0.405. The maximum atomic E-state index is 13.0. The normalized spacial score (nSPS) is 18.6. The van der Waals surface area contributed by atoms with E-state index in [-0.39, 0.29) is 23.1 Å². The first-order chi connectivity index (χ1) is 9.88. The Hall–Kier alpha value is -0.690. The van der Waals surface area contributed by atoms with Gasteiger partial charge in [-0.05, 0) is 31.0 Å². The monoisotopic (exact) mass is 335 g/mol. The Morgan fingerprint density at radius 1 is 1.29 bits per heavy atom. The van der Waals surface area contributed by atoms with Crippen molar-refractivity contribution in [2.24, 2.45) is 5.41 Å². The topological polar surface area (TPSA) is 66.4 Å². The summed E-state index contributed by atoms with van der Waals surface area (Å²) in [6.07, 6.45) is 4.67. The molecule has 7 heteroatoms. The molecule has 1 aliphatic rings. The number of hydrogen-bond acceptors (Lipinski definition) is 3. The average molecular weight is 336 g/mol. The molecular formula is C14H19ClFNO3S. The molecule has 0 atom stereocenters. The first-order valence-corrected chi connectivity index (χ1v) is 8.80. The van der Waals surface area contributed by atoms with E-state index in [9.17, 15) is 17.9 Å². The molecule has 0 unspecified atom stereocenters. The molecule has 0 amide bonds. The highest BCUT2D eigenvalue weighted by molar-refractivity contribution is 7.89. The van der Waals surface area contributed by atoms with Gasteiger partial charge in [-0.25, -0.2) is 17.5 Å². The van der Waals surface area contributed by atoms with Crippen LogP contribution >= 0.6 is 11.6 Å². The number of nitrogens with one attached hydrogen (secondary N) is 1. The Labute approximate surface area is 129 Å². The molecule has 0 heterocycles. The minimum atomic E-state index is -3.82. The zero-order chi connectivity index (χ0) is 15.5. The Balaban J connectivity index is 2.13. The second-order valence-electron chi connectivity index (χ2n) is 5.62. The molecule has 118 valence electrons. The van der Waals surface area contributed by atoms with E-state index in [0.29, 0.717) is 0 Å². The zero-order valence-electron chi connectivity index (χ0n) is 11.6. The predicted octanol–water partition coefficient (Wildman–Crippen LogP) is 2.70. The van der Waals surface area contributed by atoms with E-state index < -0.39 is 21.3 Å². The molecule has 0 spiro atoms. The summed E-state index contributed by atoms with van der Waals surface area (Å²) in [5, 5.41) is 9.44. The Kier molecular flexibility index (Phi) is 5.24. The number of sulfonamides is 1. The lowest BCUT2D eigenvalue weighted by Gasteiger charge is -2.35. The SMILES string of the molecule is O=S(=O)(NCC1(CO)CCCCC1)c1ccc(F)cc1Cl. The number of aliphatic hydroxyl groups excluding tert-OH is 1. The van der Waals surface area contributed by atoms with Crippen molar-refractivity contribution in [2.75, 3.05) is 13.2 Å². The van der Waals surface area contributed by atoms with Gasteiger partial charge in [-0.15, -0.1) is 0 Å². The number of aliphatic hydroxyl groups is 1. The van der Waals surface area contributed by atoms with E-state index in [1.54, 1.807) is 0 Å². The maximum absolute atomic E-state index is 13.0. The highest BCUT2D eigenvalue weighted by Crippen LogP contribution is 2.35. The van der Waals surface area contributed by atoms with E-state index in [1.165, 1.54) is 0 Å². The van der Waals surface area contributed by atoms with Gasteiger partial charge in [-0.3, -0.25) is 0 Å². The van der Waals surface area contributed by atoms with Crippen molar-refractivity contribution < 1.29 is 17.9 Å². The highest BCUT2D eigenvalue weighted by atomic mass is 35.5. The van der Waals surface area contributed by atoms with Crippen molar-refractivity contribution in [2.45, 2.75) is 37.0 Å². The Bertz CT molecular complexity index is 600. The first kappa shape index (κ1) is 16.7. The van der Waals surface area contributed by atoms with Crippen LogP contribution in [0.25, 0.3) is 0 Å². The molecule has 1 aromatic carbocycles. The second kappa shape index (κ2) is 6.60. The van der Waals surface area contributed by atoms with Gasteiger partial charge in [0.25, 0.3) is 0 Å². The summed E-state index contributed by atoms with van der Waals surface area (Å²) < 4.78 is 40.0. The summed E-state index contributed by atoms with van der Waals surface area (Å²) in [4.78, 5) is -0.144. The zero-order valence-corrected chi connectivity index (χ0v) is 13.2. The van der Waals surface area contributed by atoms with Gasteiger partial charge < -0.3 is 5.11 Å². The Morgan fingerprint density at radius 3 is 2.52 bits per heavy atom. The van der Waals surface area contributed by atoms with Crippen LogP contribution in [0, 0.1) is 11.2 Å². The van der Waals surface area contributed by atoms with E-state index in [4.69, 9.17) is 11.6 Å². The summed E-state index contributed by atoms with van der Waals surface area (Å²) in [7, 11) is -3.82. The van der Waals surface area contributed by atoms with Gasteiger partial charge in [0.05, 0.1) is 5.02 Å². The van der Waals surface area contributed by atoms with Gasteiger partial charge in [0, 0.05) is 18.6 Å². The predicted molar refractivity (Wildman–Crippen MR) is 79.2 cm³/mol. The smallest absolute Gasteiger partial charge is 0.242 e. The van der Waals surface area contributed by atoms with Crippen LogP contribution in [0.5, 0.6) is 0 Å². The van der Waals surface area contributed by atoms with Gasteiger partial charge in [0.1, 0.15) is 10.7 Å². The lowest BCUT2D eigenvalue weighted by molar-refractivity contribution is 0.0867. The van der Waals surface area contributed by atoms with Crippen LogP contribution in [0.3, 0.4) is 0 Å². The van der Waals surface area contributed by atoms with Gasteiger partial charge in [0.15, 0.2) is 0 Å². The second-order valence-corrected chi connectivity index (χ2v) is 7.76. The third kappa shape index (κ3) is 3.94. The molecule has 2 N–H and O–H groups in total. The van der Waals surface area contributed by atoms with Crippen molar-refractivity contribution in [3.63, 3.8) is 0 Å². The van der Waals surface area contributed by atoms with Crippen LogP contribution in [0.2, 0.25) is 5.02 Å². The highest BCUT2D eigenvalue weighted by Gasteiger charge is 2.33. The third-order valence-electron chi connectivity index (χ3n) is 4.07. The fourth-order valence-corrected chi connectivity index (χ4v) is 4.40. The molecule has 0 aromatic heterocycles. The molecule has 1 fully saturated rings. The molecule has 4 nitrogen and oxygen atoms in total. The van der Waals surface area contributed by atoms with Crippen molar-refractivity contribution in [1.82, 2.24) is 4.72 Å². The van der Waals surface area contributed by atoms with Crippen molar-refractivity contribution in [1.29, 1.82) is 0 Å². The molecule has 1 saturated carbocycles. The molecule has 0 aliphatic heterocycles. The van der Waals surface area contributed by atoms with Gasteiger partial charge in [-0.1, -0.05) is 30.9 Å². The van der Waals surface area contributed by atoms with Crippen molar-refractivity contribution in [3.8, 4) is 0 Å². The average Bonchev–Trinajstić information content (AvgIpc) is 2.46. The van der Waals surface area contributed by atoms with E-state index in [1.807, 2.05) is 0 Å². The summed E-state index contributed by atoms with van der Waals surface area (Å²) in [6, 6.07) is 3.17. The van der Waals surface area contributed by atoms with Gasteiger partial charge in [-0.2, -0.15) is 0 Å². The molecule has 1 aliphatic carbocycles. The third-order valence-corrected chi connectivity index (χ3v) is 5.95. The van der Waals surface area contributed by atoms with Crippen LogP contribution in [-0.4, -0.2) is 26.7 Å². The summed E-state index contributed by atoms with van der Waals surface area (Å²) in [6.45, 7) is 0.117. The quantitative estimate of drug-likeness (QED) is 0.869. The van der Waals surface area contributed by atoms with Crippen LogP contribution in [0.15, 0.2) is 23.1 Å². The van der Waals surface area contributed by atoms with Crippen LogP contribution in [-0.2, 0) is 10.0 Å². The molecule has 21 heavy (non-hydrogen) atoms. The maximum Gasteiger partial charge on any atom is 0.242 e. The first-order valence-electron chi connectivity index (χ1n) is 6.94. The van der Waals surface area contributed by atoms with Crippen LogP contribution < -0.4 is 4.72 Å². The van der Waals surface area contributed by atoms with E-state index in [0.717, 1.165) is 50.3 Å². The number of hydrogen-bond donors (Lipinski definition) is 2. The molecule has 0 bridgehead atoms. The van der Waals surface area contributed by atoms with Crippen LogP contribution in [0.1, 0.15) is 32.1 Å². The lowest BCUT2D eigenvalue weighted by Crippen LogP contribution is -2.41. The summed E-state index contributed by atoms with van der Waals surface area (Å²) >= 11 is 5.80. The fourth-order valence-electron chi connectivity index (χ4n) is 2.71. The summed E-state index contributed by atoms with van der Waals surface area (Å²) in [5.74, 6) is -0.585. The van der Waals surface area contributed by atoms with Gasteiger partial charge in [0.2, 0.25) is 10.0 Å². The standard InChI is InChI=1S/C14H19ClFNO3S/c15-12-8-11(16)4-5-13(12)21(19,20)17-9-14(10-18)6-2-1-3-7-14/h4-5,8,17-18H,1-3,6-7,9-10H2. The molecule has 2 rings (SSSR count). The lowest BCUT2D eigenvalue weighted by atomic mass is 9.75. The number of halogens is 2. The minimum absolute atomic E-state index is 0.0489. The molecule has 1 aromatic rings. The number of benzene rings is 1. The fraction of sp³-hybridized carbons (Fsp3) is 0.571.